The zero-order valence-corrected chi connectivity index (χ0v) is 9.89. The van der Waals surface area contributed by atoms with Crippen molar-refractivity contribution in [2.75, 3.05) is 13.2 Å². The van der Waals surface area contributed by atoms with Gasteiger partial charge in [-0.3, -0.25) is 0 Å². The summed E-state index contributed by atoms with van der Waals surface area (Å²) in [4.78, 5) is 0. The average molecular weight is 197 g/mol. The van der Waals surface area contributed by atoms with Gasteiger partial charge in [-0.05, 0) is 26.3 Å². The Morgan fingerprint density at radius 1 is 1.29 bits per heavy atom. The second-order valence-electron chi connectivity index (χ2n) is 3.36. The van der Waals surface area contributed by atoms with Crippen molar-refractivity contribution in [2.45, 2.75) is 52.2 Å². The van der Waals surface area contributed by atoms with E-state index in [1.165, 1.54) is 0 Å². The normalized spacial score (nSPS) is 13.6. The van der Waals surface area contributed by atoms with Crippen LogP contribution in [0.15, 0.2) is 0 Å². The smallest absolute Gasteiger partial charge is 0.0980 e. The molecule has 1 N–H and O–H groups in total. The summed E-state index contributed by atoms with van der Waals surface area (Å²) in [5.41, 5.74) is -0.195. The van der Waals surface area contributed by atoms with Gasteiger partial charge in [-0.1, -0.05) is 26.7 Å². The fourth-order valence-electron chi connectivity index (χ4n) is 1.83. The predicted molar refractivity (Wildman–Crippen MR) is 61.2 cm³/mol. The van der Waals surface area contributed by atoms with Gasteiger partial charge in [-0.25, -0.2) is 0 Å². The van der Waals surface area contributed by atoms with E-state index in [0.717, 1.165) is 19.4 Å². The highest BCUT2D eigenvalue weighted by molar-refractivity contribution is 5.09. The van der Waals surface area contributed by atoms with Crippen LogP contribution in [0.2, 0.25) is 0 Å². The molecule has 0 rings (SSSR count). The molecular weight excluding hydrogens is 174 g/mol. The summed E-state index contributed by atoms with van der Waals surface area (Å²) in [6.07, 6.45) is 7.42. The van der Waals surface area contributed by atoms with Crippen molar-refractivity contribution >= 4 is 0 Å². The summed E-state index contributed by atoms with van der Waals surface area (Å²) < 4.78 is 5.83. The number of terminal acetylenes is 1. The first-order chi connectivity index (χ1) is 6.70. The standard InChI is InChI=1S/C12H23NO/c1-6-11(13-9-4)12(7-2,8-3)14-10-5/h1,11,13H,7-10H2,2-5H3. The number of ether oxygens (including phenoxy) is 1. The van der Waals surface area contributed by atoms with Crippen molar-refractivity contribution in [3.05, 3.63) is 0 Å². The van der Waals surface area contributed by atoms with Crippen LogP contribution in [0, 0.1) is 12.3 Å². The fourth-order valence-corrected chi connectivity index (χ4v) is 1.83. The minimum absolute atomic E-state index is 0.0162. The third kappa shape index (κ3) is 3.01. The van der Waals surface area contributed by atoms with Crippen molar-refractivity contribution in [2.24, 2.45) is 0 Å². The summed E-state index contributed by atoms with van der Waals surface area (Å²) in [5.74, 6) is 2.79. The lowest BCUT2D eigenvalue weighted by Gasteiger charge is -2.37. The minimum atomic E-state index is -0.195. The molecule has 2 heteroatoms. The number of hydrogen-bond donors (Lipinski definition) is 1. The third-order valence-electron chi connectivity index (χ3n) is 2.73. The van der Waals surface area contributed by atoms with Gasteiger partial charge in [0.15, 0.2) is 0 Å². The highest BCUT2D eigenvalue weighted by atomic mass is 16.5. The second kappa shape index (κ2) is 6.86. The van der Waals surface area contributed by atoms with E-state index in [0.29, 0.717) is 6.61 Å². The van der Waals surface area contributed by atoms with E-state index in [2.05, 4.69) is 32.0 Å². The molecule has 14 heavy (non-hydrogen) atoms. The van der Waals surface area contributed by atoms with E-state index in [-0.39, 0.29) is 11.6 Å². The Hall–Kier alpha value is -0.520. The molecule has 0 amide bonds. The van der Waals surface area contributed by atoms with Crippen molar-refractivity contribution in [3.63, 3.8) is 0 Å². The van der Waals surface area contributed by atoms with Gasteiger partial charge in [0.25, 0.3) is 0 Å². The number of rotatable bonds is 7. The molecular formula is C12H23NO. The molecule has 0 radical (unpaired) electrons. The molecule has 0 saturated heterocycles. The van der Waals surface area contributed by atoms with Gasteiger partial charge >= 0.3 is 0 Å². The topological polar surface area (TPSA) is 21.3 Å². The van der Waals surface area contributed by atoms with Gasteiger partial charge in [0.2, 0.25) is 0 Å². The predicted octanol–water partition coefficient (Wildman–Crippen LogP) is 2.19. The van der Waals surface area contributed by atoms with Crippen LogP contribution in [0.25, 0.3) is 0 Å². The summed E-state index contributed by atoms with van der Waals surface area (Å²) in [6, 6.07) is 0.0162. The molecule has 0 bridgehead atoms. The molecule has 0 spiro atoms. The Bertz CT molecular complexity index is 179. The molecule has 0 aromatic carbocycles. The lowest BCUT2D eigenvalue weighted by molar-refractivity contribution is -0.0587. The molecule has 1 atom stereocenters. The molecule has 82 valence electrons. The molecule has 0 aliphatic carbocycles. The van der Waals surface area contributed by atoms with Crippen LogP contribution in [-0.4, -0.2) is 24.8 Å². The second-order valence-corrected chi connectivity index (χ2v) is 3.36. The van der Waals surface area contributed by atoms with E-state index in [1.54, 1.807) is 0 Å². The maximum atomic E-state index is 5.83. The van der Waals surface area contributed by atoms with Crippen LogP contribution >= 0.6 is 0 Å². The quantitative estimate of drug-likeness (QED) is 0.632. The minimum Gasteiger partial charge on any atom is -0.373 e. The first kappa shape index (κ1) is 13.5. The van der Waals surface area contributed by atoms with Gasteiger partial charge in [-0.15, -0.1) is 6.42 Å². The van der Waals surface area contributed by atoms with Crippen LogP contribution in [-0.2, 0) is 4.74 Å². The van der Waals surface area contributed by atoms with Crippen LogP contribution in [0.3, 0.4) is 0 Å². The lowest BCUT2D eigenvalue weighted by atomic mass is 9.88. The monoisotopic (exact) mass is 197 g/mol. The van der Waals surface area contributed by atoms with E-state index >= 15 is 0 Å². The van der Waals surface area contributed by atoms with Crippen LogP contribution in [0.4, 0.5) is 0 Å². The van der Waals surface area contributed by atoms with Crippen molar-refractivity contribution in [3.8, 4) is 12.3 Å². The maximum Gasteiger partial charge on any atom is 0.0980 e. The van der Waals surface area contributed by atoms with E-state index < -0.39 is 0 Å². The maximum absolute atomic E-state index is 5.83. The summed E-state index contributed by atoms with van der Waals surface area (Å²) in [5, 5.41) is 3.30. The highest BCUT2D eigenvalue weighted by Crippen LogP contribution is 2.24. The first-order valence-corrected chi connectivity index (χ1v) is 5.54. The largest absolute Gasteiger partial charge is 0.373 e. The molecule has 0 aliphatic heterocycles. The molecule has 0 heterocycles. The zero-order valence-electron chi connectivity index (χ0n) is 9.89. The van der Waals surface area contributed by atoms with Crippen molar-refractivity contribution < 1.29 is 4.74 Å². The molecule has 0 aliphatic rings. The molecule has 0 aromatic heterocycles. The molecule has 1 unspecified atom stereocenters. The summed E-state index contributed by atoms with van der Waals surface area (Å²) in [7, 11) is 0. The first-order valence-electron chi connectivity index (χ1n) is 5.54. The zero-order chi connectivity index (χ0) is 11.0. The number of nitrogens with one attached hydrogen (secondary N) is 1. The van der Waals surface area contributed by atoms with E-state index in [9.17, 15) is 0 Å². The van der Waals surface area contributed by atoms with Crippen LogP contribution in [0.5, 0.6) is 0 Å². The number of hydrogen-bond acceptors (Lipinski definition) is 2. The highest BCUT2D eigenvalue weighted by Gasteiger charge is 2.34. The lowest BCUT2D eigenvalue weighted by Crippen LogP contribution is -2.51. The third-order valence-corrected chi connectivity index (χ3v) is 2.73. The van der Waals surface area contributed by atoms with Crippen molar-refractivity contribution in [1.82, 2.24) is 5.32 Å². The molecule has 2 nitrogen and oxygen atoms in total. The molecule has 0 fully saturated rings. The Balaban J connectivity index is 4.65. The fraction of sp³-hybridized carbons (Fsp3) is 0.833. The van der Waals surface area contributed by atoms with Crippen molar-refractivity contribution in [1.29, 1.82) is 0 Å². The van der Waals surface area contributed by atoms with Crippen LogP contribution < -0.4 is 5.32 Å². The van der Waals surface area contributed by atoms with E-state index in [1.807, 2.05) is 6.92 Å². The van der Waals surface area contributed by atoms with Gasteiger partial charge in [0.05, 0.1) is 11.6 Å². The Morgan fingerprint density at radius 3 is 2.14 bits per heavy atom. The Kier molecular flexibility index (Phi) is 6.61. The van der Waals surface area contributed by atoms with Gasteiger partial charge in [0.1, 0.15) is 0 Å². The van der Waals surface area contributed by atoms with Gasteiger partial charge < -0.3 is 10.1 Å². The van der Waals surface area contributed by atoms with Gasteiger partial charge in [-0.2, -0.15) is 0 Å². The molecule has 0 aromatic rings. The molecule has 0 saturated carbocycles. The van der Waals surface area contributed by atoms with Gasteiger partial charge in [0, 0.05) is 6.61 Å². The average Bonchev–Trinajstić information content (AvgIpc) is 2.23. The van der Waals surface area contributed by atoms with E-state index in [4.69, 9.17) is 11.2 Å². The Labute approximate surface area is 88.4 Å². The summed E-state index contributed by atoms with van der Waals surface area (Å²) in [6.45, 7) is 9.92. The number of likely N-dealkylation sites (N-methyl/N-ethyl adjacent to an activating group) is 1. The Morgan fingerprint density at radius 2 is 1.86 bits per heavy atom. The van der Waals surface area contributed by atoms with Crippen LogP contribution in [0.1, 0.15) is 40.5 Å². The summed E-state index contributed by atoms with van der Waals surface area (Å²) >= 11 is 0. The SMILES string of the molecule is C#CC(NCC)C(CC)(CC)OCC.